The summed E-state index contributed by atoms with van der Waals surface area (Å²) >= 11 is 0. The molecule has 4 N–H and O–H groups in total. The lowest BCUT2D eigenvalue weighted by atomic mass is 10.1. The molecule has 0 aliphatic carbocycles. The Kier molecular flexibility index (Phi) is 3.37. The van der Waals surface area contributed by atoms with Crippen LogP contribution < -0.4 is 16.4 Å². The third kappa shape index (κ3) is 2.71. The number of nitrogen functional groups attached to an aromatic ring is 2. The van der Waals surface area contributed by atoms with E-state index >= 15 is 0 Å². The quantitative estimate of drug-likeness (QED) is 0.865. The predicted octanol–water partition coefficient (Wildman–Crippen LogP) is 2.19. The highest BCUT2D eigenvalue weighted by atomic mass is 15.2. The summed E-state index contributed by atoms with van der Waals surface area (Å²) in [6.07, 6.45) is 0. The summed E-state index contributed by atoms with van der Waals surface area (Å²) in [5.74, 6) is 1.20. The molecule has 0 atom stereocenters. The average Bonchev–Trinajstić information content (AvgIpc) is 2.32. The van der Waals surface area contributed by atoms with Crippen molar-refractivity contribution in [1.29, 1.82) is 0 Å². The molecular weight excluding hydrogens is 224 g/mol. The molecule has 0 bridgehead atoms. The monoisotopic (exact) mass is 242 g/mol. The van der Waals surface area contributed by atoms with Gasteiger partial charge in [-0.25, -0.2) is 4.98 Å². The highest BCUT2D eigenvalue weighted by molar-refractivity contribution is 5.62. The highest BCUT2D eigenvalue weighted by Gasteiger charge is 2.05. The molecule has 0 aliphatic rings. The van der Waals surface area contributed by atoms with Crippen molar-refractivity contribution >= 4 is 17.3 Å². The van der Waals surface area contributed by atoms with E-state index in [2.05, 4.69) is 36.2 Å². The van der Waals surface area contributed by atoms with E-state index in [1.54, 1.807) is 6.07 Å². The van der Waals surface area contributed by atoms with E-state index in [0.717, 1.165) is 12.4 Å². The molecule has 0 aliphatic heterocycles. The molecule has 1 heterocycles. The average molecular weight is 242 g/mol. The summed E-state index contributed by atoms with van der Waals surface area (Å²) in [6, 6.07) is 12.1. The zero-order valence-electron chi connectivity index (χ0n) is 10.7. The highest BCUT2D eigenvalue weighted by Crippen LogP contribution is 2.19. The van der Waals surface area contributed by atoms with Gasteiger partial charge in [-0.2, -0.15) is 0 Å². The number of rotatable bonds is 3. The third-order valence-electron chi connectivity index (χ3n) is 2.84. The van der Waals surface area contributed by atoms with E-state index in [9.17, 15) is 0 Å². The number of hydrogen-bond donors (Lipinski definition) is 2. The second kappa shape index (κ2) is 4.96. The summed E-state index contributed by atoms with van der Waals surface area (Å²) in [5, 5.41) is 0. The lowest BCUT2D eigenvalue weighted by Crippen LogP contribution is -2.18. The molecule has 4 heteroatoms. The maximum Gasteiger partial charge on any atom is 0.149 e. The molecular formula is C14H18N4. The molecule has 94 valence electrons. The molecule has 0 unspecified atom stereocenters. The first kappa shape index (κ1) is 12.2. The van der Waals surface area contributed by atoms with Gasteiger partial charge in [-0.1, -0.05) is 29.8 Å². The molecule has 0 radical (unpaired) electrons. The Morgan fingerprint density at radius 1 is 1.17 bits per heavy atom. The van der Waals surface area contributed by atoms with Gasteiger partial charge in [-0.15, -0.1) is 0 Å². The minimum atomic E-state index is 0.378. The molecule has 2 aromatic rings. The first-order chi connectivity index (χ1) is 8.56. The van der Waals surface area contributed by atoms with E-state index < -0.39 is 0 Å². The van der Waals surface area contributed by atoms with Crippen molar-refractivity contribution in [1.82, 2.24) is 4.98 Å². The van der Waals surface area contributed by atoms with Gasteiger partial charge in [0.2, 0.25) is 0 Å². The van der Waals surface area contributed by atoms with Crippen LogP contribution in [0.5, 0.6) is 0 Å². The molecule has 0 saturated carbocycles. The summed E-state index contributed by atoms with van der Waals surface area (Å²) < 4.78 is 0. The van der Waals surface area contributed by atoms with Crippen LogP contribution in [-0.4, -0.2) is 12.0 Å². The molecule has 0 fully saturated rings. The van der Waals surface area contributed by atoms with Crippen LogP contribution in [0.1, 0.15) is 11.1 Å². The van der Waals surface area contributed by atoms with Crippen molar-refractivity contribution in [3.63, 3.8) is 0 Å². The standard InChI is InChI=1S/C14H18N4/c1-10-4-3-5-11(8-10)9-18(2)13-7-6-12(15)14(16)17-13/h3-8H,9,15H2,1-2H3,(H2,16,17). The van der Waals surface area contributed by atoms with Crippen LogP contribution in [0, 0.1) is 6.92 Å². The second-order valence-electron chi connectivity index (χ2n) is 4.49. The van der Waals surface area contributed by atoms with E-state index in [4.69, 9.17) is 11.5 Å². The number of hydrogen-bond acceptors (Lipinski definition) is 4. The Balaban J connectivity index is 2.16. The summed E-state index contributed by atoms with van der Waals surface area (Å²) in [7, 11) is 1.99. The van der Waals surface area contributed by atoms with Crippen LogP contribution in [0.3, 0.4) is 0 Å². The van der Waals surface area contributed by atoms with Gasteiger partial charge in [0.1, 0.15) is 11.6 Å². The number of aryl methyl sites for hydroxylation is 1. The number of nitrogens with zero attached hydrogens (tertiary/aromatic N) is 2. The van der Waals surface area contributed by atoms with Crippen molar-refractivity contribution < 1.29 is 0 Å². The number of nitrogens with two attached hydrogens (primary N) is 2. The van der Waals surface area contributed by atoms with Crippen molar-refractivity contribution in [3.8, 4) is 0 Å². The first-order valence-corrected chi connectivity index (χ1v) is 5.85. The number of anilines is 3. The SMILES string of the molecule is Cc1cccc(CN(C)c2ccc(N)c(N)n2)c1. The first-order valence-electron chi connectivity index (χ1n) is 5.85. The minimum absolute atomic E-state index is 0.378. The van der Waals surface area contributed by atoms with Crippen LogP contribution >= 0.6 is 0 Å². The lowest BCUT2D eigenvalue weighted by Gasteiger charge is -2.19. The minimum Gasteiger partial charge on any atom is -0.396 e. The molecule has 0 amide bonds. The van der Waals surface area contributed by atoms with Gasteiger partial charge in [0.05, 0.1) is 5.69 Å². The fourth-order valence-corrected chi connectivity index (χ4v) is 1.85. The Morgan fingerprint density at radius 2 is 1.94 bits per heavy atom. The number of pyridine rings is 1. The topological polar surface area (TPSA) is 68.2 Å². The van der Waals surface area contributed by atoms with Gasteiger partial charge in [0, 0.05) is 13.6 Å². The van der Waals surface area contributed by atoms with Gasteiger partial charge >= 0.3 is 0 Å². The van der Waals surface area contributed by atoms with Gasteiger partial charge in [-0.3, -0.25) is 0 Å². The van der Waals surface area contributed by atoms with Crippen LogP contribution in [-0.2, 0) is 6.54 Å². The van der Waals surface area contributed by atoms with Crippen LogP contribution in [0.2, 0.25) is 0 Å². The van der Waals surface area contributed by atoms with Crippen LogP contribution in [0.25, 0.3) is 0 Å². The summed E-state index contributed by atoms with van der Waals surface area (Å²) in [5.41, 5.74) is 14.4. The summed E-state index contributed by atoms with van der Waals surface area (Å²) in [6.45, 7) is 2.88. The molecule has 0 saturated heterocycles. The number of aromatic nitrogens is 1. The van der Waals surface area contributed by atoms with E-state index in [-0.39, 0.29) is 0 Å². The van der Waals surface area contributed by atoms with Gasteiger partial charge in [0.15, 0.2) is 0 Å². The van der Waals surface area contributed by atoms with Crippen molar-refractivity contribution in [2.75, 3.05) is 23.4 Å². The van der Waals surface area contributed by atoms with Crippen molar-refractivity contribution in [2.24, 2.45) is 0 Å². The molecule has 18 heavy (non-hydrogen) atoms. The molecule has 2 rings (SSSR count). The van der Waals surface area contributed by atoms with Gasteiger partial charge in [0.25, 0.3) is 0 Å². The van der Waals surface area contributed by atoms with E-state index in [1.165, 1.54) is 11.1 Å². The summed E-state index contributed by atoms with van der Waals surface area (Å²) in [4.78, 5) is 6.32. The van der Waals surface area contributed by atoms with Gasteiger partial charge in [-0.05, 0) is 24.6 Å². The van der Waals surface area contributed by atoms with Gasteiger partial charge < -0.3 is 16.4 Å². The van der Waals surface area contributed by atoms with Crippen LogP contribution in [0.4, 0.5) is 17.3 Å². The third-order valence-corrected chi connectivity index (χ3v) is 2.84. The van der Waals surface area contributed by atoms with Crippen molar-refractivity contribution in [2.45, 2.75) is 13.5 Å². The molecule has 0 spiro atoms. The Bertz CT molecular complexity index is 551. The Hall–Kier alpha value is -2.23. The maximum atomic E-state index is 5.71. The predicted molar refractivity (Wildman–Crippen MR) is 76.3 cm³/mol. The lowest BCUT2D eigenvalue weighted by molar-refractivity contribution is 0.898. The number of benzene rings is 1. The zero-order valence-corrected chi connectivity index (χ0v) is 10.7. The zero-order chi connectivity index (χ0) is 13.1. The molecule has 4 nitrogen and oxygen atoms in total. The Morgan fingerprint density at radius 3 is 2.61 bits per heavy atom. The van der Waals surface area contributed by atoms with Crippen LogP contribution in [0.15, 0.2) is 36.4 Å². The normalized spacial score (nSPS) is 10.3. The maximum absolute atomic E-state index is 5.71. The Labute approximate surface area is 107 Å². The molecule has 1 aromatic heterocycles. The van der Waals surface area contributed by atoms with Crippen molar-refractivity contribution in [3.05, 3.63) is 47.5 Å². The second-order valence-corrected chi connectivity index (χ2v) is 4.49. The smallest absolute Gasteiger partial charge is 0.149 e. The fourth-order valence-electron chi connectivity index (χ4n) is 1.85. The largest absolute Gasteiger partial charge is 0.396 e. The van der Waals surface area contributed by atoms with E-state index in [0.29, 0.717) is 11.5 Å². The molecule has 1 aromatic carbocycles. The van der Waals surface area contributed by atoms with E-state index in [1.807, 2.05) is 18.0 Å². The fraction of sp³-hybridized carbons (Fsp3) is 0.214.